The van der Waals surface area contributed by atoms with E-state index in [2.05, 4.69) is 51.8 Å². The first kappa shape index (κ1) is 12.1. The summed E-state index contributed by atoms with van der Waals surface area (Å²) in [4.78, 5) is 0. The van der Waals surface area contributed by atoms with Crippen molar-refractivity contribution in [1.29, 1.82) is 0 Å². The highest BCUT2D eigenvalue weighted by molar-refractivity contribution is 9.10. The molecule has 0 aliphatic carbocycles. The highest BCUT2D eigenvalue weighted by Crippen LogP contribution is 2.12. The standard InChI is InChI=1S/C11H16BrNS/c1-13-11(8-14-2)7-9-3-5-10(12)6-4-9/h3-6,11,13H,7-8H2,1-2H3. The van der Waals surface area contributed by atoms with E-state index in [1.54, 1.807) is 0 Å². The van der Waals surface area contributed by atoms with Crippen molar-refractivity contribution >= 4 is 27.7 Å². The molecule has 1 unspecified atom stereocenters. The molecule has 1 nitrogen and oxygen atoms in total. The minimum Gasteiger partial charge on any atom is -0.316 e. The molecule has 0 saturated carbocycles. The third-order valence-corrected chi connectivity index (χ3v) is 3.44. The van der Waals surface area contributed by atoms with Gasteiger partial charge in [0.25, 0.3) is 0 Å². The average molecular weight is 274 g/mol. The molecule has 14 heavy (non-hydrogen) atoms. The van der Waals surface area contributed by atoms with E-state index in [9.17, 15) is 0 Å². The molecule has 1 aromatic carbocycles. The molecule has 1 rings (SSSR count). The molecular weight excluding hydrogens is 258 g/mol. The Morgan fingerprint density at radius 2 is 2.00 bits per heavy atom. The van der Waals surface area contributed by atoms with E-state index in [1.807, 2.05) is 18.8 Å². The summed E-state index contributed by atoms with van der Waals surface area (Å²) in [6.45, 7) is 0. The summed E-state index contributed by atoms with van der Waals surface area (Å²) in [6, 6.07) is 9.12. The van der Waals surface area contributed by atoms with Crippen LogP contribution in [0.5, 0.6) is 0 Å². The van der Waals surface area contributed by atoms with Crippen LogP contribution in [-0.4, -0.2) is 25.1 Å². The monoisotopic (exact) mass is 273 g/mol. The smallest absolute Gasteiger partial charge is 0.0195 e. The van der Waals surface area contributed by atoms with Gasteiger partial charge in [-0.25, -0.2) is 0 Å². The van der Waals surface area contributed by atoms with E-state index in [0.29, 0.717) is 6.04 Å². The van der Waals surface area contributed by atoms with Crippen molar-refractivity contribution in [2.24, 2.45) is 0 Å². The van der Waals surface area contributed by atoms with Crippen LogP contribution in [0.4, 0.5) is 0 Å². The molecule has 0 aliphatic rings. The Bertz CT molecular complexity index is 260. The fourth-order valence-corrected chi connectivity index (χ4v) is 2.30. The van der Waals surface area contributed by atoms with Gasteiger partial charge in [-0.2, -0.15) is 11.8 Å². The van der Waals surface area contributed by atoms with Gasteiger partial charge in [-0.05, 0) is 37.4 Å². The lowest BCUT2D eigenvalue weighted by Crippen LogP contribution is -2.29. The number of rotatable bonds is 5. The summed E-state index contributed by atoms with van der Waals surface area (Å²) in [5.41, 5.74) is 1.39. The molecule has 0 bridgehead atoms. The number of benzene rings is 1. The molecule has 0 amide bonds. The van der Waals surface area contributed by atoms with E-state index in [1.165, 1.54) is 5.56 Å². The SMILES string of the molecule is CNC(CSC)Cc1ccc(Br)cc1. The van der Waals surface area contributed by atoms with E-state index in [-0.39, 0.29) is 0 Å². The fourth-order valence-electron chi connectivity index (χ4n) is 1.35. The van der Waals surface area contributed by atoms with Crippen LogP contribution in [0.25, 0.3) is 0 Å². The van der Waals surface area contributed by atoms with Gasteiger partial charge in [0.15, 0.2) is 0 Å². The largest absolute Gasteiger partial charge is 0.316 e. The van der Waals surface area contributed by atoms with E-state index in [4.69, 9.17) is 0 Å². The normalized spacial score (nSPS) is 12.8. The fraction of sp³-hybridized carbons (Fsp3) is 0.455. The van der Waals surface area contributed by atoms with Crippen LogP contribution in [0, 0.1) is 0 Å². The molecule has 0 aliphatic heterocycles. The lowest BCUT2D eigenvalue weighted by Gasteiger charge is -2.14. The van der Waals surface area contributed by atoms with Gasteiger partial charge in [0.2, 0.25) is 0 Å². The molecule has 0 saturated heterocycles. The Labute approximate surface area is 98.8 Å². The first-order chi connectivity index (χ1) is 6.76. The van der Waals surface area contributed by atoms with E-state index >= 15 is 0 Å². The number of likely N-dealkylation sites (N-methyl/N-ethyl adjacent to an activating group) is 1. The average Bonchev–Trinajstić information content (AvgIpc) is 2.20. The minimum atomic E-state index is 0.575. The lowest BCUT2D eigenvalue weighted by molar-refractivity contribution is 0.617. The summed E-state index contributed by atoms with van der Waals surface area (Å²) in [7, 11) is 2.03. The Morgan fingerprint density at radius 1 is 1.36 bits per heavy atom. The lowest BCUT2D eigenvalue weighted by atomic mass is 10.1. The van der Waals surface area contributed by atoms with Gasteiger partial charge in [-0.1, -0.05) is 28.1 Å². The highest BCUT2D eigenvalue weighted by Gasteiger charge is 2.05. The van der Waals surface area contributed by atoms with Gasteiger partial charge in [0, 0.05) is 16.3 Å². The molecule has 1 atom stereocenters. The predicted molar refractivity (Wildman–Crippen MR) is 69.1 cm³/mol. The van der Waals surface area contributed by atoms with Gasteiger partial charge >= 0.3 is 0 Å². The van der Waals surface area contributed by atoms with Crippen LogP contribution in [0.15, 0.2) is 28.7 Å². The molecular formula is C11H16BrNS. The Balaban J connectivity index is 2.53. The first-order valence-corrected chi connectivity index (χ1v) is 6.85. The summed E-state index contributed by atoms with van der Waals surface area (Å²) >= 11 is 5.32. The summed E-state index contributed by atoms with van der Waals surface area (Å²) in [5, 5.41) is 3.33. The maximum absolute atomic E-state index is 3.44. The molecule has 3 heteroatoms. The second-order valence-electron chi connectivity index (χ2n) is 3.27. The van der Waals surface area contributed by atoms with Crippen molar-refractivity contribution < 1.29 is 0 Å². The van der Waals surface area contributed by atoms with Crippen LogP contribution >= 0.6 is 27.7 Å². The molecule has 0 fully saturated rings. The van der Waals surface area contributed by atoms with Crippen molar-refractivity contribution in [2.75, 3.05) is 19.1 Å². The topological polar surface area (TPSA) is 12.0 Å². The minimum absolute atomic E-state index is 0.575. The van der Waals surface area contributed by atoms with Gasteiger partial charge in [0.05, 0.1) is 0 Å². The van der Waals surface area contributed by atoms with Crippen molar-refractivity contribution in [3.63, 3.8) is 0 Å². The van der Waals surface area contributed by atoms with Crippen LogP contribution in [0.2, 0.25) is 0 Å². The number of nitrogens with one attached hydrogen (secondary N) is 1. The van der Waals surface area contributed by atoms with Gasteiger partial charge in [-0.3, -0.25) is 0 Å². The summed E-state index contributed by atoms with van der Waals surface area (Å²) in [6.07, 6.45) is 3.25. The zero-order chi connectivity index (χ0) is 10.4. The third kappa shape index (κ3) is 4.03. The van der Waals surface area contributed by atoms with Gasteiger partial charge < -0.3 is 5.32 Å². The Hall–Kier alpha value is 0.01000. The molecule has 0 heterocycles. The second-order valence-corrected chi connectivity index (χ2v) is 5.10. The zero-order valence-electron chi connectivity index (χ0n) is 8.59. The number of hydrogen-bond donors (Lipinski definition) is 1. The van der Waals surface area contributed by atoms with Crippen molar-refractivity contribution in [2.45, 2.75) is 12.5 Å². The van der Waals surface area contributed by atoms with Crippen LogP contribution < -0.4 is 5.32 Å². The third-order valence-electron chi connectivity index (χ3n) is 2.17. The van der Waals surface area contributed by atoms with Crippen molar-refractivity contribution in [1.82, 2.24) is 5.32 Å². The van der Waals surface area contributed by atoms with Crippen molar-refractivity contribution in [3.05, 3.63) is 34.3 Å². The Morgan fingerprint density at radius 3 is 2.50 bits per heavy atom. The maximum atomic E-state index is 3.44. The maximum Gasteiger partial charge on any atom is 0.0195 e. The van der Waals surface area contributed by atoms with E-state index in [0.717, 1.165) is 16.6 Å². The number of thioether (sulfide) groups is 1. The predicted octanol–water partition coefficient (Wildman–Crippen LogP) is 2.94. The molecule has 78 valence electrons. The second kappa shape index (κ2) is 6.49. The van der Waals surface area contributed by atoms with Gasteiger partial charge in [-0.15, -0.1) is 0 Å². The highest BCUT2D eigenvalue weighted by atomic mass is 79.9. The first-order valence-electron chi connectivity index (χ1n) is 4.67. The molecule has 0 radical (unpaired) electrons. The summed E-state index contributed by atoms with van der Waals surface area (Å²) < 4.78 is 1.15. The number of hydrogen-bond acceptors (Lipinski definition) is 2. The van der Waals surface area contributed by atoms with Crippen LogP contribution in [0.1, 0.15) is 5.56 Å². The molecule has 1 N–H and O–H groups in total. The summed E-state index contributed by atoms with van der Waals surface area (Å²) in [5.74, 6) is 1.16. The molecule has 1 aromatic rings. The Kier molecular flexibility index (Phi) is 5.60. The van der Waals surface area contributed by atoms with Crippen molar-refractivity contribution in [3.8, 4) is 0 Å². The quantitative estimate of drug-likeness (QED) is 0.886. The zero-order valence-corrected chi connectivity index (χ0v) is 11.0. The molecule has 0 aromatic heterocycles. The van der Waals surface area contributed by atoms with E-state index < -0.39 is 0 Å². The van der Waals surface area contributed by atoms with Gasteiger partial charge in [0.1, 0.15) is 0 Å². The van der Waals surface area contributed by atoms with Crippen LogP contribution in [0.3, 0.4) is 0 Å². The van der Waals surface area contributed by atoms with Crippen LogP contribution in [-0.2, 0) is 6.42 Å². The number of halogens is 1. The molecule has 0 spiro atoms.